The number of hydrogen-bond acceptors (Lipinski definition) is 4. The predicted molar refractivity (Wildman–Crippen MR) is 98.9 cm³/mol. The van der Waals surface area contributed by atoms with E-state index in [1.807, 2.05) is 32.0 Å². The molecule has 0 spiro atoms. The van der Waals surface area contributed by atoms with Crippen molar-refractivity contribution in [3.05, 3.63) is 35.9 Å². The van der Waals surface area contributed by atoms with Gasteiger partial charge in [-0.25, -0.2) is 0 Å². The number of aliphatic hydroxyl groups is 2. The smallest absolute Gasteiger partial charge is 0.0793 e. The largest absolute Gasteiger partial charge is 0.390 e. The van der Waals surface area contributed by atoms with Gasteiger partial charge in [-0.2, -0.15) is 0 Å². The van der Waals surface area contributed by atoms with E-state index in [-0.39, 0.29) is 6.10 Å². The Morgan fingerprint density at radius 2 is 1.83 bits per heavy atom. The average molecular weight is 335 g/mol. The van der Waals surface area contributed by atoms with Crippen molar-refractivity contribution in [2.24, 2.45) is 5.92 Å². The van der Waals surface area contributed by atoms with Crippen LogP contribution >= 0.6 is 0 Å². The molecule has 0 saturated carbocycles. The van der Waals surface area contributed by atoms with E-state index >= 15 is 0 Å². The lowest BCUT2D eigenvalue weighted by molar-refractivity contribution is 0.00628. The maximum Gasteiger partial charge on any atom is 0.0793 e. The third kappa shape index (κ3) is 7.31. The van der Waals surface area contributed by atoms with Crippen LogP contribution < -0.4 is 0 Å². The monoisotopic (exact) mass is 334 g/mol. The standard InChI is InChI=1S/C20H34N2O2/c1-17-9-11-21(12-10-17)14-19(23)15-22(16-20(2,3)24)13-18-7-5-4-6-8-18/h4-8,17,19,23-24H,9-16H2,1-3H3. The summed E-state index contributed by atoms with van der Waals surface area (Å²) in [6.07, 6.45) is 2.07. The Hall–Kier alpha value is -0.940. The van der Waals surface area contributed by atoms with Gasteiger partial charge in [-0.15, -0.1) is 0 Å². The maximum atomic E-state index is 10.5. The number of benzene rings is 1. The molecule has 1 fully saturated rings. The van der Waals surface area contributed by atoms with Crippen molar-refractivity contribution < 1.29 is 10.2 Å². The summed E-state index contributed by atoms with van der Waals surface area (Å²) < 4.78 is 0. The van der Waals surface area contributed by atoms with Gasteiger partial charge in [-0.1, -0.05) is 37.3 Å². The van der Waals surface area contributed by atoms with Crippen molar-refractivity contribution in [1.82, 2.24) is 9.80 Å². The molecule has 4 heteroatoms. The van der Waals surface area contributed by atoms with E-state index in [2.05, 4.69) is 28.9 Å². The molecule has 2 N–H and O–H groups in total. The van der Waals surface area contributed by atoms with E-state index < -0.39 is 5.60 Å². The molecule has 1 saturated heterocycles. The Morgan fingerprint density at radius 1 is 1.21 bits per heavy atom. The third-order valence-corrected chi connectivity index (χ3v) is 4.67. The average Bonchev–Trinajstić information content (AvgIpc) is 2.49. The minimum Gasteiger partial charge on any atom is -0.390 e. The van der Waals surface area contributed by atoms with Crippen LogP contribution in [0.25, 0.3) is 0 Å². The molecular formula is C20H34N2O2. The van der Waals surface area contributed by atoms with E-state index in [1.54, 1.807) is 0 Å². The molecule has 1 aliphatic rings. The van der Waals surface area contributed by atoms with Crippen LogP contribution in [0.3, 0.4) is 0 Å². The van der Waals surface area contributed by atoms with Crippen molar-refractivity contribution >= 4 is 0 Å². The summed E-state index contributed by atoms with van der Waals surface area (Å²) in [5.74, 6) is 0.808. The molecule has 1 unspecified atom stereocenters. The molecule has 2 rings (SSSR count). The Balaban J connectivity index is 1.89. The van der Waals surface area contributed by atoms with Crippen molar-refractivity contribution in [2.75, 3.05) is 32.7 Å². The fourth-order valence-electron chi connectivity index (χ4n) is 3.47. The first-order valence-electron chi connectivity index (χ1n) is 9.21. The van der Waals surface area contributed by atoms with Gasteiger partial charge >= 0.3 is 0 Å². The van der Waals surface area contributed by atoms with Crippen LogP contribution in [0.4, 0.5) is 0 Å². The first-order chi connectivity index (χ1) is 11.3. The van der Waals surface area contributed by atoms with Crippen LogP contribution in [0.2, 0.25) is 0 Å². The summed E-state index contributed by atoms with van der Waals surface area (Å²) in [5.41, 5.74) is 0.440. The third-order valence-electron chi connectivity index (χ3n) is 4.67. The highest BCUT2D eigenvalue weighted by Gasteiger charge is 2.23. The van der Waals surface area contributed by atoms with Gasteiger partial charge in [0.05, 0.1) is 11.7 Å². The summed E-state index contributed by atoms with van der Waals surface area (Å²) in [6, 6.07) is 10.3. The molecule has 1 heterocycles. The summed E-state index contributed by atoms with van der Waals surface area (Å²) in [5, 5.41) is 20.7. The minimum atomic E-state index is -0.769. The van der Waals surface area contributed by atoms with E-state index in [9.17, 15) is 10.2 Å². The number of aliphatic hydroxyl groups excluding tert-OH is 1. The molecule has 0 amide bonds. The van der Waals surface area contributed by atoms with Crippen LogP contribution in [-0.4, -0.2) is 64.4 Å². The number of hydrogen-bond donors (Lipinski definition) is 2. The number of nitrogens with zero attached hydrogens (tertiary/aromatic N) is 2. The van der Waals surface area contributed by atoms with Crippen LogP contribution in [-0.2, 0) is 6.54 Å². The topological polar surface area (TPSA) is 46.9 Å². The van der Waals surface area contributed by atoms with Crippen molar-refractivity contribution in [2.45, 2.75) is 51.9 Å². The van der Waals surface area contributed by atoms with Gasteiger partial charge in [-0.05, 0) is 51.3 Å². The second-order valence-electron chi connectivity index (χ2n) is 8.10. The fraction of sp³-hybridized carbons (Fsp3) is 0.700. The molecule has 1 aromatic carbocycles. The van der Waals surface area contributed by atoms with Gasteiger partial charge in [0.15, 0.2) is 0 Å². The molecule has 4 nitrogen and oxygen atoms in total. The zero-order valence-electron chi connectivity index (χ0n) is 15.5. The molecule has 0 bridgehead atoms. The van der Waals surface area contributed by atoms with Gasteiger partial charge in [0.2, 0.25) is 0 Å². The van der Waals surface area contributed by atoms with E-state index in [4.69, 9.17) is 0 Å². The van der Waals surface area contributed by atoms with Crippen molar-refractivity contribution in [1.29, 1.82) is 0 Å². The van der Waals surface area contributed by atoms with Crippen LogP contribution in [0.15, 0.2) is 30.3 Å². The number of rotatable bonds is 8. The summed E-state index contributed by atoms with van der Waals surface area (Å²) in [6.45, 7) is 10.7. The van der Waals surface area contributed by atoms with E-state index in [0.717, 1.165) is 32.1 Å². The SMILES string of the molecule is CC1CCN(CC(O)CN(Cc2ccccc2)CC(C)(C)O)CC1. The van der Waals surface area contributed by atoms with Gasteiger partial charge in [0.1, 0.15) is 0 Å². The normalized spacial score (nSPS) is 18.9. The first-order valence-corrected chi connectivity index (χ1v) is 9.21. The van der Waals surface area contributed by atoms with Gasteiger partial charge < -0.3 is 15.1 Å². The molecule has 0 aromatic heterocycles. The minimum absolute atomic E-state index is 0.385. The highest BCUT2D eigenvalue weighted by atomic mass is 16.3. The highest BCUT2D eigenvalue weighted by Crippen LogP contribution is 2.17. The Kier molecular flexibility index (Phi) is 7.23. The number of piperidine rings is 1. The summed E-state index contributed by atoms with van der Waals surface area (Å²) >= 11 is 0. The molecule has 136 valence electrons. The lowest BCUT2D eigenvalue weighted by Crippen LogP contribution is -2.46. The summed E-state index contributed by atoms with van der Waals surface area (Å²) in [4.78, 5) is 4.53. The van der Waals surface area contributed by atoms with E-state index in [1.165, 1.54) is 18.4 Å². The summed E-state index contributed by atoms with van der Waals surface area (Å²) in [7, 11) is 0. The van der Waals surface area contributed by atoms with Crippen LogP contribution in [0, 0.1) is 5.92 Å². The predicted octanol–water partition coefficient (Wildman–Crippen LogP) is 2.35. The molecule has 24 heavy (non-hydrogen) atoms. The Morgan fingerprint density at radius 3 is 2.42 bits per heavy atom. The van der Waals surface area contributed by atoms with Gasteiger partial charge in [0, 0.05) is 26.2 Å². The Bertz CT molecular complexity index is 464. The molecule has 1 aromatic rings. The highest BCUT2D eigenvalue weighted by molar-refractivity contribution is 5.14. The molecule has 1 atom stereocenters. The van der Waals surface area contributed by atoms with Gasteiger partial charge in [0.25, 0.3) is 0 Å². The molecular weight excluding hydrogens is 300 g/mol. The zero-order valence-corrected chi connectivity index (χ0v) is 15.5. The maximum absolute atomic E-state index is 10.5. The second-order valence-corrected chi connectivity index (χ2v) is 8.10. The van der Waals surface area contributed by atoms with Crippen LogP contribution in [0.1, 0.15) is 39.2 Å². The first kappa shape index (κ1) is 19.4. The lowest BCUT2D eigenvalue weighted by atomic mass is 9.99. The number of likely N-dealkylation sites (tertiary alicyclic amines) is 1. The van der Waals surface area contributed by atoms with Gasteiger partial charge in [-0.3, -0.25) is 4.90 Å². The zero-order chi connectivity index (χ0) is 17.6. The Labute approximate surface area is 147 Å². The molecule has 1 aliphatic heterocycles. The van der Waals surface area contributed by atoms with Crippen LogP contribution in [0.5, 0.6) is 0 Å². The molecule has 0 radical (unpaired) electrons. The lowest BCUT2D eigenvalue weighted by Gasteiger charge is -2.34. The quantitative estimate of drug-likeness (QED) is 0.766. The second kappa shape index (κ2) is 8.95. The van der Waals surface area contributed by atoms with Crippen molar-refractivity contribution in [3.8, 4) is 0 Å². The van der Waals surface area contributed by atoms with E-state index in [0.29, 0.717) is 13.1 Å². The fourth-order valence-corrected chi connectivity index (χ4v) is 3.47. The molecule has 0 aliphatic carbocycles. The number of β-amino-alcohol motifs (C(OH)–C–C–N with tert-alkyl or cyclic N) is 1. The van der Waals surface area contributed by atoms with Crippen molar-refractivity contribution in [3.63, 3.8) is 0 Å².